The fraction of sp³-hybridized carbons (Fsp3) is 0.235. The molecule has 2 aromatic rings. The Bertz CT molecular complexity index is 638. The summed E-state index contributed by atoms with van der Waals surface area (Å²) in [6, 6.07) is 17.0. The fourth-order valence-corrected chi connectivity index (χ4v) is 3.05. The van der Waals surface area contributed by atoms with Crippen LogP contribution in [0.15, 0.2) is 54.6 Å². The lowest BCUT2D eigenvalue weighted by molar-refractivity contribution is -0.0139. The highest BCUT2D eigenvalue weighted by molar-refractivity contribution is 5.99. The predicted molar refractivity (Wildman–Crippen MR) is 77.3 cm³/mol. The van der Waals surface area contributed by atoms with Gasteiger partial charge in [-0.25, -0.2) is 0 Å². The SMILES string of the molecule is CC[C@@H](c1ccccc1)[C@]1(O)NC(=O)c2ccccc21. The van der Waals surface area contributed by atoms with Crippen LogP contribution in [0.2, 0.25) is 0 Å². The molecule has 0 spiro atoms. The van der Waals surface area contributed by atoms with Crippen molar-refractivity contribution in [1.29, 1.82) is 0 Å². The number of aliphatic hydroxyl groups is 1. The maximum Gasteiger partial charge on any atom is 0.254 e. The smallest absolute Gasteiger partial charge is 0.254 e. The summed E-state index contributed by atoms with van der Waals surface area (Å²) in [5.41, 5.74) is 0.920. The van der Waals surface area contributed by atoms with Crippen molar-refractivity contribution in [3.05, 3.63) is 71.3 Å². The average Bonchev–Trinajstić information content (AvgIpc) is 2.74. The molecule has 3 heteroatoms. The van der Waals surface area contributed by atoms with Gasteiger partial charge in [-0.2, -0.15) is 0 Å². The van der Waals surface area contributed by atoms with Crippen molar-refractivity contribution < 1.29 is 9.90 Å². The molecule has 0 saturated heterocycles. The van der Waals surface area contributed by atoms with Crippen molar-refractivity contribution in [2.75, 3.05) is 0 Å². The third kappa shape index (κ3) is 1.82. The highest BCUT2D eigenvalue weighted by Crippen LogP contribution is 2.41. The van der Waals surface area contributed by atoms with Gasteiger partial charge in [0.2, 0.25) is 0 Å². The molecule has 2 N–H and O–H groups in total. The van der Waals surface area contributed by atoms with E-state index in [0.717, 1.165) is 12.0 Å². The number of fused-ring (bicyclic) bond motifs is 1. The van der Waals surface area contributed by atoms with Crippen LogP contribution in [0.4, 0.5) is 0 Å². The van der Waals surface area contributed by atoms with Crippen LogP contribution in [-0.2, 0) is 5.72 Å². The van der Waals surface area contributed by atoms with Crippen LogP contribution in [0.5, 0.6) is 0 Å². The quantitative estimate of drug-likeness (QED) is 0.898. The molecule has 1 amide bonds. The lowest BCUT2D eigenvalue weighted by atomic mass is 9.82. The van der Waals surface area contributed by atoms with E-state index in [1.807, 2.05) is 55.5 Å². The zero-order valence-electron chi connectivity index (χ0n) is 11.3. The van der Waals surface area contributed by atoms with Gasteiger partial charge in [0, 0.05) is 17.0 Å². The van der Waals surface area contributed by atoms with Crippen LogP contribution >= 0.6 is 0 Å². The highest BCUT2D eigenvalue weighted by atomic mass is 16.3. The topological polar surface area (TPSA) is 49.3 Å². The number of carbonyl (C=O) groups is 1. The molecule has 0 fully saturated rings. The van der Waals surface area contributed by atoms with Crippen molar-refractivity contribution in [2.45, 2.75) is 25.0 Å². The molecule has 2 aromatic carbocycles. The van der Waals surface area contributed by atoms with E-state index in [1.54, 1.807) is 6.07 Å². The van der Waals surface area contributed by atoms with Crippen LogP contribution in [0.3, 0.4) is 0 Å². The third-order valence-corrected chi connectivity index (χ3v) is 4.00. The maximum atomic E-state index is 12.1. The molecule has 1 aliphatic rings. The molecule has 2 atom stereocenters. The molecule has 1 aliphatic heterocycles. The Kier molecular flexibility index (Phi) is 3.07. The summed E-state index contributed by atoms with van der Waals surface area (Å²) in [6.07, 6.45) is 0.731. The third-order valence-electron chi connectivity index (χ3n) is 4.00. The Balaban J connectivity index is 2.11. The van der Waals surface area contributed by atoms with Crippen LogP contribution in [-0.4, -0.2) is 11.0 Å². The van der Waals surface area contributed by atoms with Gasteiger partial charge in [0.25, 0.3) is 5.91 Å². The van der Waals surface area contributed by atoms with Gasteiger partial charge >= 0.3 is 0 Å². The zero-order valence-corrected chi connectivity index (χ0v) is 11.3. The van der Waals surface area contributed by atoms with Crippen LogP contribution < -0.4 is 5.32 Å². The summed E-state index contributed by atoms with van der Waals surface area (Å²) in [5, 5.41) is 13.9. The van der Waals surface area contributed by atoms with Gasteiger partial charge in [0.15, 0.2) is 5.72 Å². The number of benzene rings is 2. The van der Waals surface area contributed by atoms with Gasteiger partial charge in [-0.05, 0) is 18.1 Å². The van der Waals surface area contributed by atoms with E-state index < -0.39 is 5.72 Å². The number of hydrogen-bond acceptors (Lipinski definition) is 2. The molecule has 0 unspecified atom stereocenters. The first kappa shape index (κ1) is 12.9. The van der Waals surface area contributed by atoms with Crippen molar-refractivity contribution in [2.24, 2.45) is 0 Å². The van der Waals surface area contributed by atoms with Crippen molar-refractivity contribution in [1.82, 2.24) is 5.32 Å². The van der Waals surface area contributed by atoms with Crippen molar-refractivity contribution in [3.63, 3.8) is 0 Å². The van der Waals surface area contributed by atoms with E-state index in [9.17, 15) is 9.90 Å². The molecule has 3 nitrogen and oxygen atoms in total. The molecule has 0 radical (unpaired) electrons. The number of rotatable bonds is 3. The van der Waals surface area contributed by atoms with Gasteiger partial charge in [0.1, 0.15) is 0 Å². The van der Waals surface area contributed by atoms with E-state index >= 15 is 0 Å². The van der Waals surface area contributed by atoms with Crippen molar-refractivity contribution >= 4 is 5.91 Å². The van der Waals surface area contributed by atoms with Crippen LogP contribution in [0.1, 0.15) is 40.7 Å². The summed E-state index contributed by atoms with van der Waals surface area (Å²) >= 11 is 0. The summed E-state index contributed by atoms with van der Waals surface area (Å²) in [5.74, 6) is -0.381. The molecule has 0 bridgehead atoms. The molecule has 0 saturated carbocycles. The van der Waals surface area contributed by atoms with E-state index in [2.05, 4.69) is 5.32 Å². The standard InChI is InChI=1S/C17H17NO2/c1-2-14(12-8-4-3-5-9-12)17(20)15-11-7-6-10-13(15)16(19)18-17/h3-11,14,20H,2H2,1H3,(H,18,19)/t14-,17+/m0/s1. The number of amides is 1. The number of carbonyl (C=O) groups excluding carboxylic acids is 1. The normalized spacial score (nSPS) is 22.2. The average molecular weight is 267 g/mol. The molecule has 3 rings (SSSR count). The monoisotopic (exact) mass is 267 g/mol. The Morgan fingerprint density at radius 3 is 2.45 bits per heavy atom. The van der Waals surface area contributed by atoms with Crippen molar-refractivity contribution in [3.8, 4) is 0 Å². The highest BCUT2D eigenvalue weighted by Gasteiger charge is 2.46. The molecule has 1 heterocycles. The number of nitrogens with one attached hydrogen (secondary N) is 1. The second-order valence-electron chi connectivity index (χ2n) is 5.14. The summed E-state index contributed by atoms with van der Waals surface area (Å²) in [4.78, 5) is 12.1. The van der Waals surface area contributed by atoms with E-state index in [-0.39, 0.29) is 11.8 Å². The lowest BCUT2D eigenvalue weighted by Crippen LogP contribution is -2.44. The first-order valence-corrected chi connectivity index (χ1v) is 6.86. The maximum absolute atomic E-state index is 12.1. The van der Waals surface area contributed by atoms with Crippen LogP contribution in [0, 0.1) is 0 Å². The number of hydrogen-bond donors (Lipinski definition) is 2. The largest absolute Gasteiger partial charge is 0.366 e. The molecular weight excluding hydrogens is 250 g/mol. The zero-order chi connectivity index (χ0) is 14.2. The van der Waals surface area contributed by atoms with Gasteiger partial charge in [-0.15, -0.1) is 0 Å². The first-order valence-electron chi connectivity index (χ1n) is 6.86. The lowest BCUT2D eigenvalue weighted by Gasteiger charge is -2.33. The Labute approximate surface area is 118 Å². The van der Waals surface area contributed by atoms with E-state index in [0.29, 0.717) is 11.1 Å². The summed E-state index contributed by atoms with van der Waals surface area (Å²) in [7, 11) is 0. The molecule has 0 aliphatic carbocycles. The van der Waals surface area contributed by atoms with E-state index in [1.165, 1.54) is 0 Å². The minimum absolute atomic E-state index is 0.170. The van der Waals surface area contributed by atoms with Gasteiger partial charge in [-0.3, -0.25) is 4.79 Å². The summed E-state index contributed by atoms with van der Waals surface area (Å²) < 4.78 is 0. The molecular formula is C17H17NO2. The minimum Gasteiger partial charge on any atom is -0.366 e. The van der Waals surface area contributed by atoms with Crippen LogP contribution in [0.25, 0.3) is 0 Å². The fourth-order valence-electron chi connectivity index (χ4n) is 3.05. The molecule has 102 valence electrons. The van der Waals surface area contributed by atoms with E-state index in [4.69, 9.17) is 0 Å². The Hall–Kier alpha value is -2.13. The molecule has 0 aromatic heterocycles. The first-order chi connectivity index (χ1) is 9.66. The second-order valence-corrected chi connectivity index (χ2v) is 5.14. The Morgan fingerprint density at radius 2 is 1.75 bits per heavy atom. The summed E-state index contributed by atoms with van der Waals surface area (Å²) in [6.45, 7) is 2.02. The minimum atomic E-state index is -1.33. The van der Waals surface area contributed by atoms with Gasteiger partial charge in [0.05, 0.1) is 0 Å². The predicted octanol–water partition coefficient (Wildman–Crippen LogP) is 2.77. The Morgan fingerprint density at radius 1 is 1.10 bits per heavy atom. The molecule has 20 heavy (non-hydrogen) atoms. The second kappa shape index (κ2) is 4.76. The van der Waals surface area contributed by atoms with Gasteiger partial charge < -0.3 is 10.4 Å². The van der Waals surface area contributed by atoms with Gasteiger partial charge in [-0.1, -0.05) is 55.5 Å².